The van der Waals surface area contributed by atoms with Crippen molar-refractivity contribution in [2.24, 2.45) is 0 Å². The van der Waals surface area contributed by atoms with E-state index in [0.717, 1.165) is 0 Å². The SMILES string of the molecule is CC(C)(C)NCC(=O)c1cccc(C#N)n1. The zero-order valence-corrected chi connectivity index (χ0v) is 9.74. The summed E-state index contributed by atoms with van der Waals surface area (Å²) in [7, 11) is 0. The van der Waals surface area contributed by atoms with Crippen LogP contribution in [0.5, 0.6) is 0 Å². The van der Waals surface area contributed by atoms with E-state index < -0.39 is 0 Å². The molecule has 1 rings (SSSR count). The molecule has 0 aliphatic carbocycles. The average molecular weight is 217 g/mol. The Labute approximate surface area is 95.3 Å². The van der Waals surface area contributed by atoms with Gasteiger partial charge in [-0.3, -0.25) is 4.79 Å². The molecule has 1 aromatic rings. The van der Waals surface area contributed by atoms with Gasteiger partial charge in [-0.15, -0.1) is 0 Å². The standard InChI is InChI=1S/C12H15N3O/c1-12(2,3)14-8-11(16)10-6-4-5-9(7-13)15-10/h4-6,14H,8H2,1-3H3. The van der Waals surface area contributed by atoms with Crippen molar-refractivity contribution in [2.45, 2.75) is 26.3 Å². The van der Waals surface area contributed by atoms with Crippen molar-refractivity contribution >= 4 is 5.78 Å². The molecule has 0 fully saturated rings. The summed E-state index contributed by atoms with van der Waals surface area (Å²) in [6.45, 7) is 6.18. The van der Waals surface area contributed by atoms with Gasteiger partial charge in [0.15, 0.2) is 5.78 Å². The summed E-state index contributed by atoms with van der Waals surface area (Å²) in [5.41, 5.74) is 0.486. The minimum atomic E-state index is -0.109. The van der Waals surface area contributed by atoms with E-state index in [0.29, 0.717) is 5.69 Å². The van der Waals surface area contributed by atoms with Crippen molar-refractivity contribution < 1.29 is 4.79 Å². The number of Topliss-reactive ketones (excluding diaryl/α,β-unsaturated/α-hetero) is 1. The van der Waals surface area contributed by atoms with Crippen LogP contribution in [0.1, 0.15) is 37.0 Å². The van der Waals surface area contributed by atoms with Crippen molar-refractivity contribution in [3.8, 4) is 6.07 Å². The largest absolute Gasteiger partial charge is 0.305 e. The Morgan fingerprint density at radius 3 is 2.75 bits per heavy atom. The Balaban J connectivity index is 2.71. The molecular formula is C12H15N3O. The quantitative estimate of drug-likeness (QED) is 0.780. The average Bonchev–Trinajstić information content (AvgIpc) is 2.25. The molecule has 0 saturated heterocycles. The molecule has 1 aromatic heterocycles. The van der Waals surface area contributed by atoms with Gasteiger partial charge in [0, 0.05) is 5.54 Å². The molecule has 0 bridgehead atoms. The maximum absolute atomic E-state index is 11.7. The van der Waals surface area contributed by atoms with E-state index in [1.807, 2.05) is 26.8 Å². The minimum absolute atomic E-state index is 0.105. The molecule has 0 aliphatic heterocycles. The molecule has 1 N–H and O–H groups in total. The Morgan fingerprint density at radius 2 is 2.19 bits per heavy atom. The molecule has 0 aliphatic rings. The van der Waals surface area contributed by atoms with Crippen molar-refractivity contribution in [2.75, 3.05) is 6.54 Å². The van der Waals surface area contributed by atoms with Gasteiger partial charge in [-0.05, 0) is 32.9 Å². The minimum Gasteiger partial charge on any atom is -0.305 e. The number of nitrogens with one attached hydrogen (secondary N) is 1. The van der Waals surface area contributed by atoms with E-state index in [1.165, 1.54) is 0 Å². The number of carbonyl (C=O) groups is 1. The Hall–Kier alpha value is -1.73. The maximum atomic E-state index is 11.7. The van der Waals surface area contributed by atoms with E-state index >= 15 is 0 Å². The number of rotatable bonds is 3. The van der Waals surface area contributed by atoms with E-state index in [-0.39, 0.29) is 23.6 Å². The van der Waals surface area contributed by atoms with Crippen molar-refractivity contribution in [1.82, 2.24) is 10.3 Å². The number of hydrogen-bond acceptors (Lipinski definition) is 4. The molecule has 0 spiro atoms. The first-order valence-electron chi connectivity index (χ1n) is 5.08. The molecule has 0 unspecified atom stereocenters. The monoisotopic (exact) mass is 217 g/mol. The molecular weight excluding hydrogens is 202 g/mol. The molecule has 0 amide bonds. The Kier molecular flexibility index (Phi) is 3.75. The highest BCUT2D eigenvalue weighted by atomic mass is 16.1. The van der Waals surface area contributed by atoms with Crippen LogP contribution < -0.4 is 5.32 Å². The van der Waals surface area contributed by atoms with E-state index in [2.05, 4.69) is 10.3 Å². The number of pyridine rings is 1. The highest BCUT2D eigenvalue weighted by Crippen LogP contribution is 2.02. The lowest BCUT2D eigenvalue weighted by Gasteiger charge is -2.19. The van der Waals surface area contributed by atoms with Crippen LogP contribution in [-0.4, -0.2) is 22.9 Å². The normalized spacial score (nSPS) is 10.9. The first-order valence-corrected chi connectivity index (χ1v) is 5.08. The van der Waals surface area contributed by atoms with Crippen molar-refractivity contribution in [3.05, 3.63) is 29.6 Å². The van der Waals surface area contributed by atoms with Gasteiger partial charge in [0.25, 0.3) is 0 Å². The predicted molar refractivity (Wildman–Crippen MR) is 61.0 cm³/mol. The summed E-state index contributed by atoms with van der Waals surface area (Å²) in [5.74, 6) is -0.105. The molecule has 84 valence electrons. The van der Waals surface area contributed by atoms with Gasteiger partial charge in [0.2, 0.25) is 0 Å². The first kappa shape index (κ1) is 12.3. The third-order valence-corrected chi connectivity index (χ3v) is 1.93. The highest BCUT2D eigenvalue weighted by Gasteiger charge is 2.13. The van der Waals surface area contributed by atoms with Crippen LogP contribution in [0, 0.1) is 11.3 Å². The number of aromatic nitrogens is 1. The van der Waals surface area contributed by atoms with Crippen molar-refractivity contribution in [3.63, 3.8) is 0 Å². The zero-order valence-electron chi connectivity index (χ0n) is 9.74. The summed E-state index contributed by atoms with van der Waals surface area (Å²) in [6.07, 6.45) is 0. The predicted octanol–water partition coefficient (Wildman–Crippen LogP) is 1.52. The van der Waals surface area contributed by atoms with Crippen LogP contribution in [0.2, 0.25) is 0 Å². The fourth-order valence-electron chi connectivity index (χ4n) is 1.09. The first-order chi connectivity index (χ1) is 7.42. The van der Waals surface area contributed by atoms with Crippen LogP contribution in [0.3, 0.4) is 0 Å². The second kappa shape index (κ2) is 4.86. The number of hydrogen-bond donors (Lipinski definition) is 1. The molecule has 16 heavy (non-hydrogen) atoms. The van der Waals surface area contributed by atoms with Gasteiger partial charge in [0.1, 0.15) is 17.5 Å². The van der Waals surface area contributed by atoms with Gasteiger partial charge in [-0.2, -0.15) is 5.26 Å². The lowest BCUT2D eigenvalue weighted by molar-refractivity contribution is 0.0977. The molecule has 4 nitrogen and oxygen atoms in total. The number of nitrogens with zero attached hydrogens (tertiary/aromatic N) is 2. The lowest BCUT2D eigenvalue weighted by atomic mass is 10.1. The fourth-order valence-corrected chi connectivity index (χ4v) is 1.09. The zero-order chi connectivity index (χ0) is 12.2. The molecule has 0 aromatic carbocycles. The highest BCUT2D eigenvalue weighted by molar-refractivity contribution is 5.95. The van der Waals surface area contributed by atoms with Crippen LogP contribution in [0.4, 0.5) is 0 Å². The van der Waals surface area contributed by atoms with Crippen LogP contribution in [0.25, 0.3) is 0 Å². The maximum Gasteiger partial charge on any atom is 0.194 e. The summed E-state index contributed by atoms with van der Waals surface area (Å²) in [6, 6.07) is 6.77. The van der Waals surface area contributed by atoms with Gasteiger partial charge in [-0.1, -0.05) is 6.07 Å². The van der Waals surface area contributed by atoms with Crippen LogP contribution in [-0.2, 0) is 0 Å². The number of carbonyl (C=O) groups excluding carboxylic acids is 1. The van der Waals surface area contributed by atoms with Gasteiger partial charge < -0.3 is 5.32 Å². The smallest absolute Gasteiger partial charge is 0.194 e. The molecule has 0 atom stereocenters. The van der Waals surface area contributed by atoms with E-state index in [1.54, 1.807) is 18.2 Å². The second-order valence-electron chi connectivity index (χ2n) is 4.55. The van der Waals surface area contributed by atoms with Crippen molar-refractivity contribution in [1.29, 1.82) is 5.26 Å². The Morgan fingerprint density at radius 1 is 1.50 bits per heavy atom. The summed E-state index contributed by atoms with van der Waals surface area (Å²) < 4.78 is 0. The number of ketones is 1. The van der Waals surface area contributed by atoms with Crippen LogP contribution in [0.15, 0.2) is 18.2 Å². The third kappa shape index (κ3) is 3.79. The summed E-state index contributed by atoms with van der Waals surface area (Å²) in [4.78, 5) is 15.7. The molecule has 0 saturated carbocycles. The number of nitriles is 1. The van der Waals surface area contributed by atoms with Crippen LogP contribution >= 0.6 is 0 Å². The molecule has 4 heteroatoms. The summed E-state index contributed by atoms with van der Waals surface area (Å²) in [5, 5.41) is 11.7. The molecule has 1 heterocycles. The Bertz CT molecular complexity index is 427. The van der Waals surface area contributed by atoms with Gasteiger partial charge in [-0.25, -0.2) is 4.98 Å². The fraction of sp³-hybridized carbons (Fsp3) is 0.417. The summed E-state index contributed by atoms with van der Waals surface area (Å²) >= 11 is 0. The molecule has 0 radical (unpaired) electrons. The second-order valence-corrected chi connectivity index (χ2v) is 4.55. The van der Waals surface area contributed by atoms with E-state index in [4.69, 9.17) is 5.26 Å². The third-order valence-electron chi connectivity index (χ3n) is 1.93. The lowest BCUT2D eigenvalue weighted by Crippen LogP contribution is -2.39. The topological polar surface area (TPSA) is 65.8 Å². The van der Waals surface area contributed by atoms with Gasteiger partial charge in [0.05, 0.1) is 6.54 Å². The van der Waals surface area contributed by atoms with E-state index in [9.17, 15) is 4.79 Å². The van der Waals surface area contributed by atoms with Gasteiger partial charge >= 0.3 is 0 Å².